The van der Waals surface area contributed by atoms with Gasteiger partial charge in [0.05, 0.1) is 18.6 Å². The van der Waals surface area contributed by atoms with Gasteiger partial charge in [-0.05, 0) is 54.6 Å². The summed E-state index contributed by atoms with van der Waals surface area (Å²) in [6.45, 7) is 2.03. The van der Waals surface area contributed by atoms with E-state index in [4.69, 9.17) is 18.9 Å². The molecule has 0 aromatic heterocycles. The largest absolute Gasteiger partial charge is 0.493 e. The van der Waals surface area contributed by atoms with E-state index in [0.717, 1.165) is 16.7 Å². The number of amides is 3. The molecule has 2 heterocycles. The number of benzene rings is 2. The van der Waals surface area contributed by atoms with Crippen LogP contribution in [0, 0.1) is 0 Å². The second kappa shape index (κ2) is 9.75. The molecule has 4 rings (SSSR count). The number of halogens is 1. The molecule has 2 aromatic carbocycles. The highest BCUT2D eigenvalue weighted by molar-refractivity contribution is 9.10. The minimum absolute atomic E-state index is 0.117. The number of methoxy groups -OCH3 is 1. The van der Waals surface area contributed by atoms with Crippen LogP contribution in [0.15, 0.2) is 39.7 Å². The molecule has 1 saturated heterocycles. The Morgan fingerprint density at radius 3 is 2.76 bits per heavy atom. The van der Waals surface area contributed by atoms with Crippen LogP contribution in [0.25, 0.3) is 6.08 Å². The molecule has 0 bridgehead atoms. The van der Waals surface area contributed by atoms with Crippen LogP contribution in [0.2, 0.25) is 0 Å². The average molecular weight is 535 g/mol. The fraction of sp³-hybridized carbons (Fsp3) is 0.227. The van der Waals surface area contributed by atoms with Gasteiger partial charge in [0.1, 0.15) is 6.54 Å². The summed E-state index contributed by atoms with van der Waals surface area (Å²) in [5.74, 6) is 1.08. The fourth-order valence-corrected chi connectivity index (χ4v) is 4.45. The highest BCUT2D eigenvalue weighted by atomic mass is 79.9. The van der Waals surface area contributed by atoms with Gasteiger partial charge in [-0.25, -0.2) is 0 Å². The Hall–Kier alpha value is -3.18. The summed E-state index contributed by atoms with van der Waals surface area (Å²) in [6, 6.07) is 8.37. The van der Waals surface area contributed by atoms with Gasteiger partial charge in [0, 0.05) is 16.2 Å². The van der Waals surface area contributed by atoms with Crippen LogP contribution in [0.4, 0.5) is 10.5 Å². The van der Waals surface area contributed by atoms with E-state index in [0.29, 0.717) is 45.3 Å². The van der Waals surface area contributed by atoms with Gasteiger partial charge in [0.2, 0.25) is 12.7 Å². The molecule has 0 atom stereocenters. The SMILES string of the molecule is CCOc1cc(Br)c(/C=C2\SC(=O)N(CC(=O)Nc3ccc4c(c3)OCO4)C2=O)cc1OC. The van der Waals surface area contributed by atoms with Crippen LogP contribution in [0.1, 0.15) is 12.5 Å². The Morgan fingerprint density at radius 2 is 2.00 bits per heavy atom. The van der Waals surface area contributed by atoms with Gasteiger partial charge in [-0.15, -0.1) is 0 Å². The second-order valence-corrected chi connectivity index (χ2v) is 8.69. The number of thioether (sulfide) groups is 1. The average Bonchev–Trinajstić information content (AvgIpc) is 3.35. The summed E-state index contributed by atoms with van der Waals surface area (Å²) in [7, 11) is 1.52. The van der Waals surface area contributed by atoms with E-state index in [1.807, 2.05) is 6.92 Å². The van der Waals surface area contributed by atoms with Crippen LogP contribution < -0.4 is 24.3 Å². The number of nitrogens with zero attached hydrogens (tertiary/aromatic N) is 1. The predicted octanol–water partition coefficient (Wildman–Crippen LogP) is 4.26. The highest BCUT2D eigenvalue weighted by Gasteiger charge is 2.36. The molecule has 33 heavy (non-hydrogen) atoms. The predicted molar refractivity (Wildman–Crippen MR) is 126 cm³/mol. The third kappa shape index (κ3) is 4.93. The van der Waals surface area contributed by atoms with Crippen LogP contribution in [0.5, 0.6) is 23.0 Å². The smallest absolute Gasteiger partial charge is 0.294 e. The van der Waals surface area contributed by atoms with Crippen molar-refractivity contribution in [1.29, 1.82) is 0 Å². The van der Waals surface area contributed by atoms with E-state index in [-0.39, 0.29) is 11.7 Å². The van der Waals surface area contributed by atoms with Crippen LogP contribution in [0.3, 0.4) is 0 Å². The summed E-state index contributed by atoms with van der Waals surface area (Å²) in [6.07, 6.45) is 1.57. The number of rotatable bonds is 7. The second-order valence-electron chi connectivity index (χ2n) is 6.84. The molecule has 9 nitrogen and oxygen atoms in total. The first-order chi connectivity index (χ1) is 15.9. The number of nitrogens with one attached hydrogen (secondary N) is 1. The molecule has 11 heteroatoms. The number of ether oxygens (including phenoxy) is 4. The van der Waals surface area contributed by atoms with Gasteiger partial charge in [-0.1, -0.05) is 15.9 Å². The number of anilines is 1. The van der Waals surface area contributed by atoms with Crippen molar-refractivity contribution < 1.29 is 33.3 Å². The van der Waals surface area contributed by atoms with Crippen molar-refractivity contribution in [2.24, 2.45) is 0 Å². The summed E-state index contributed by atoms with van der Waals surface area (Å²) < 4.78 is 22.1. The highest BCUT2D eigenvalue weighted by Crippen LogP contribution is 2.38. The van der Waals surface area contributed by atoms with Crippen LogP contribution in [-0.4, -0.2) is 49.0 Å². The molecule has 2 aliphatic heterocycles. The Bertz CT molecular complexity index is 1170. The first-order valence-corrected chi connectivity index (χ1v) is 11.5. The molecule has 0 aliphatic carbocycles. The number of imide groups is 1. The van der Waals surface area contributed by atoms with E-state index in [1.54, 1.807) is 36.4 Å². The summed E-state index contributed by atoms with van der Waals surface area (Å²) in [4.78, 5) is 38.8. The van der Waals surface area contributed by atoms with Crippen molar-refractivity contribution in [2.45, 2.75) is 6.92 Å². The molecule has 2 aliphatic rings. The summed E-state index contributed by atoms with van der Waals surface area (Å²) in [5.41, 5.74) is 1.10. The zero-order chi connectivity index (χ0) is 23.5. The molecule has 0 spiro atoms. The number of hydrogen-bond acceptors (Lipinski definition) is 8. The Labute approximate surface area is 202 Å². The van der Waals surface area contributed by atoms with Crippen molar-refractivity contribution in [3.05, 3.63) is 45.3 Å². The maximum atomic E-state index is 12.8. The number of carbonyl (C=O) groups is 3. The summed E-state index contributed by atoms with van der Waals surface area (Å²) >= 11 is 4.22. The van der Waals surface area contributed by atoms with E-state index in [1.165, 1.54) is 7.11 Å². The molecule has 3 amide bonds. The fourth-order valence-electron chi connectivity index (χ4n) is 3.19. The van der Waals surface area contributed by atoms with Crippen molar-refractivity contribution in [3.8, 4) is 23.0 Å². The van der Waals surface area contributed by atoms with Gasteiger partial charge in [0.25, 0.3) is 11.1 Å². The molecule has 0 radical (unpaired) electrons. The third-order valence-corrected chi connectivity index (χ3v) is 6.30. The minimum atomic E-state index is -0.550. The van der Waals surface area contributed by atoms with Crippen LogP contribution >= 0.6 is 27.7 Å². The van der Waals surface area contributed by atoms with Gasteiger partial charge < -0.3 is 24.3 Å². The van der Waals surface area contributed by atoms with Crippen molar-refractivity contribution in [1.82, 2.24) is 4.90 Å². The lowest BCUT2D eigenvalue weighted by atomic mass is 10.2. The van der Waals surface area contributed by atoms with Crippen LogP contribution in [-0.2, 0) is 9.59 Å². The van der Waals surface area contributed by atoms with Crippen molar-refractivity contribution in [2.75, 3.05) is 32.4 Å². The zero-order valence-corrected chi connectivity index (χ0v) is 20.1. The van der Waals surface area contributed by atoms with Gasteiger partial charge in [-0.3, -0.25) is 19.3 Å². The Balaban J connectivity index is 1.47. The molecule has 1 fully saturated rings. The molecule has 0 saturated carbocycles. The topological polar surface area (TPSA) is 103 Å². The summed E-state index contributed by atoms with van der Waals surface area (Å²) in [5, 5.41) is 2.13. The minimum Gasteiger partial charge on any atom is -0.493 e. The molecular formula is C22H19BrN2O7S. The zero-order valence-electron chi connectivity index (χ0n) is 17.7. The molecule has 0 unspecified atom stereocenters. The Kier molecular flexibility index (Phi) is 6.80. The van der Waals surface area contributed by atoms with E-state index < -0.39 is 23.6 Å². The lowest BCUT2D eigenvalue weighted by Gasteiger charge is -2.13. The number of fused-ring (bicyclic) bond motifs is 1. The van der Waals surface area contributed by atoms with E-state index in [9.17, 15) is 14.4 Å². The molecule has 172 valence electrons. The lowest BCUT2D eigenvalue weighted by molar-refractivity contribution is -0.127. The third-order valence-electron chi connectivity index (χ3n) is 4.70. The van der Waals surface area contributed by atoms with Crippen molar-refractivity contribution >= 4 is 56.5 Å². The van der Waals surface area contributed by atoms with Gasteiger partial charge in [-0.2, -0.15) is 0 Å². The van der Waals surface area contributed by atoms with Gasteiger partial charge >= 0.3 is 0 Å². The maximum absolute atomic E-state index is 12.8. The number of carbonyl (C=O) groups excluding carboxylic acids is 3. The quantitative estimate of drug-likeness (QED) is 0.525. The van der Waals surface area contributed by atoms with E-state index in [2.05, 4.69) is 21.2 Å². The standard InChI is InChI=1S/C22H19BrN2O7S/c1-3-30-18-9-14(23)12(6-16(18)29-2)7-19-21(27)25(22(28)33-19)10-20(26)24-13-4-5-15-17(8-13)32-11-31-15/h4-9H,3,10-11H2,1-2H3,(H,24,26)/b19-7-. The first kappa shape index (κ1) is 23.0. The number of hydrogen-bond donors (Lipinski definition) is 1. The molecular weight excluding hydrogens is 516 g/mol. The molecule has 2 aromatic rings. The Morgan fingerprint density at radius 1 is 1.21 bits per heavy atom. The first-order valence-electron chi connectivity index (χ1n) is 9.84. The normalized spacial score (nSPS) is 15.8. The van der Waals surface area contributed by atoms with E-state index >= 15 is 0 Å². The lowest BCUT2D eigenvalue weighted by Crippen LogP contribution is -2.36. The maximum Gasteiger partial charge on any atom is 0.294 e. The molecule has 1 N–H and O–H groups in total. The van der Waals surface area contributed by atoms with Crippen molar-refractivity contribution in [3.63, 3.8) is 0 Å². The van der Waals surface area contributed by atoms with Gasteiger partial charge in [0.15, 0.2) is 23.0 Å². The monoisotopic (exact) mass is 534 g/mol.